The fourth-order valence-electron chi connectivity index (χ4n) is 3.41. The van der Waals surface area contributed by atoms with Crippen molar-refractivity contribution in [1.82, 2.24) is 20.8 Å². The number of carbonyl (C=O) groups excluding carboxylic acids is 1. The maximum atomic E-state index is 12.0. The third-order valence-electron chi connectivity index (χ3n) is 4.71. The molecule has 1 aromatic rings. The van der Waals surface area contributed by atoms with E-state index in [4.69, 9.17) is 0 Å². The van der Waals surface area contributed by atoms with Crippen molar-refractivity contribution in [2.45, 2.75) is 63.0 Å². The predicted molar refractivity (Wildman–Crippen MR) is 79.0 cm³/mol. The van der Waals surface area contributed by atoms with Crippen molar-refractivity contribution < 1.29 is 9.90 Å². The SMILES string of the molecule is O=C(NCC1(O)CCCCC1)NC1CCc2[nH]ncc2C1. The van der Waals surface area contributed by atoms with Crippen molar-refractivity contribution in [1.29, 1.82) is 0 Å². The van der Waals surface area contributed by atoms with Crippen molar-refractivity contribution in [3.05, 3.63) is 17.5 Å². The van der Waals surface area contributed by atoms with Crippen LogP contribution in [0, 0.1) is 0 Å². The van der Waals surface area contributed by atoms with Gasteiger partial charge in [0.25, 0.3) is 0 Å². The molecule has 0 bridgehead atoms. The third kappa shape index (κ3) is 3.56. The van der Waals surface area contributed by atoms with E-state index in [9.17, 15) is 9.90 Å². The first-order chi connectivity index (χ1) is 10.1. The number of aromatic amines is 1. The Balaban J connectivity index is 1.44. The van der Waals surface area contributed by atoms with E-state index >= 15 is 0 Å². The lowest BCUT2D eigenvalue weighted by Gasteiger charge is -2.32. The number of rotatable bonds is 3. The number of amides is 2. The largest absolute Gasteiger partial charge is 0.388 e. The molecule has 0 spiro atoms. The van der Waals surface area contributed by atoms with Crippen LogP contribution in [0.5, 0.6) is 0 Å². The van der Waals surface area contributed by atoms with Crippen molar-refractivity contribution in [2.24, 2.45) is 0 Å². The molecule has 4 N–H and O–H groups in total. The highest BCUT2D eigenvalue weighted by Gasteiger charge is 2.30. The van der Waals surface area contributed by atoms with Crippen LogP contribution in [0.2, 0.25) is 0 Å². The average molecular weight is 292 g/mol. The number of fused-ring (bicyclic) bond motifs is 1. The van der Waals surface area contributed by atoms with Crippen molar-refractivity contribution in [3.8, 4) is 0 Å². The molecule has 6 nitrogen and oxygen atoms in total. The number of nitrogens with zero attached hydrogens (tertiary/aromatic N) is 1. The summed E-state index contributed by atoms with van der Waals surface area (Å²) in [5.74, 6) is 0. The van der Waals surface area contributed by atoms with E-state index in [-0.39, 0.29) is 12.1 Å². The molecule has 0 saturated heterocycles. The molecule has 2 aliphatic carbocycles. The predicted octanol–water partition coefficient (Wildman–Crippen LogP) is 1.26. The standard InChI is InChI=1S/C15H24N4O2/c20-14(16-10-15(21)6-2-1-3-7-15)18-12-4-5-13-11(8-12)9-17-19-13/h9,12,21H,1-8,10H2,(H,17,19)(H2,16,18,20). The van der Waals surface area contributed by atoms with Gasteiger partial charge < -0.3 is 15.7 Å². The summed E-state index contributed by atoms with van der Waals surface area (Å²) in [6.45, 7) is 0.350. The van der Waals surface area contributed by atoms with Gasteiger partial charge >= 0.3 is 6.03 Å². The van der Waals surface area contributed by atoms with E-state index in [0.29, 0.717) is 6.54 Å². The van der Waals surface area contributed by atoms with Gasteiger partial charge in [0.15, 0.2) is 0 Å². The zero-order valence-electron chi connectivity index (χ0n) is 12.3. The molecule has 6 heteroatoms. The van der Waals surface area contributed by atoms with E-state index in [1.165, 1.54) is 17.7 Å². The van der Waals surface area contributed by atoms with Crippen molar-refractivity contribution in [2.75, 3.05) is 6.54 Å². The zero-order chi connectivity index (χ0) is 14.7. The number of hydrogen-bond donors (Lipinski definition) is 4. The topological polar surface area (TPSA) is 90.0 Å². The van der Waals surface area contributed by atoms with Gasteiger partial charge in [-0.25, -0.2) is 4.79 Å². The number of aliphatic hydroxyl groups is 1. The normalized spacial score (nSPS) is 24.1. The minimum atomic E-state index is -0.708. The zero-order valence-corrected chi connectivity index (χ0v) is 12.3. The quantitative estimate of drug-likeness (QED) is 0.676. The molecular formula is C15H24N4O2. The fraction of sp³-hybridized carbons (Fsp3) is 0.733. The Hall–Kier alpha value is -1.56. The highest BCUT2D eigenvalue weighted by Crippen LogP contribution is 2.27. The number of aryl methyl sites for hydroxylation is 1. The lowest BCUT2D eigenvalue weighted by Crippen LogP contribution is -2.50. The van der Waals surface area contributed by atoms with Crippen LogP contribution < -0.4 is 10.6 Å². The molecule has 1 atom stereocenters. The Morgan fingerprint density at radius 3 is 3.05 bits per heavy atom. The number of urea groups is 1. The molecular weight excluding hydrogens is 268 g/mol. The van der Waals surface area contributed by atoms with E-state index in [1.807, 2.05) is 6.20 Å². The van der Waals surface area contributed by atoms with Crippen molar-refractivity contribution >= 4 is 6.03 Å². The van der Waals surface area contributed by atoms with Crippen LogP contribution in [0.3, 0.4) is 0 Å². The second-order valence-electron chi connectivity index (χ2n) is 6.43. The van der Waals surface area contributed by atoms with Gasteiger partial charge in [-0.15, -0.1) is 0 Å². The summed E-state index contributed by atoms with van der Waals surface area (Å²) in [4.78, 5) is 12.0. The first-order valence-electron chi connectivity index (χ1n) is 7.92. The molecule has 116 valence electrons. The minimum absolute atomic E-state index is 0.149. The molecule has 0 aliphatic heterocycles. The summed E-state index contributed by atoms with van der Waals surface area (Å²) in [6.07, 6.45) is 9.36. The summed E-state index contributed by atoms with van der Waals surface area (Å²) in [7, 11) is 0. The molecule has 1 unspecified atom stereocenters. The number of aromatic nitrogens is 2. The second kappa shape index (κ2) is 6.05. The molecule has 2 aliphatic rings. The number of nitrogens with one attached hydrogen (secondary N) is 3. The lowest BCUT2D eigenvalue weighted by atomic mass is 9.85. The smallest absolute Gasteiger partial charge is 0.315 e. The third-order valence-corrected chi connectivity index (χ3v) is 4.71. The first kappa shape index (κ1) is 14.4. The molecule has 1 heterocycles. The molecule has 0 aromatic carbocycles. The Bertz CT molecular complexity index is 494. The van der Waals surface area contributed by atoms with Gasteiger partial charge in [0, 0.05) is 18.3 Å². The first-order valence-corrected chi connectivity index (χ1v) is 7.92. The van der Waals surface area contributed by atoms with Crippen LogP contribution in [-0.2, 0) is 12.8 Å². The summed E-state index contributed by atoms with van der Waals surface area (Å²) in [5, 5.41) is 23.2. The van der Waals surface area contributed by atoms with Gasteiger partial charge in [-0.2, -0.15) is 5.10 Å². The highest BCUT2D eigenvalue weighted by atomic mass is 16.3. The van der Waals surface area contributed by atoms with E-state index in [0.717, 1.165) is 44.9 Å². The molecule has 21 heavy (non-hydrogen) atoms. The van der Waals surface area contributed by atoms with Gasteiger partial charge in [-0.05, 0) is 37.7 Å². The monoisotopic (exact) mass is 292 g/mol. The van der Waals surface area contributed by atoms with Crippen molar-refractivity contribution in [3.63, 3.8) is 0 Å². The van der Waals surface area contributed by atoms with Crippen LogP contribution in [0.4, 0.5) is 4.79 Å². The Labute approximate surface area is 124 Å². The van der Waals surface area contributed by atoms with Crippen LogP contribution in [0.1, 0.15) is 49.8 Å². The highest BCUT2D eigenvalue weighted by molar-refractivity contribution is 5.74. The summed E-state index contributed by atoms with van der Waals surface area (Å²) in [6, 6.07) is -0.0259. The van der Waals surface area contributed by atoms with Crippen LogP contribution in [-0.4, -0.2) is 39.5 Å². The fourth-order valence-corrected chi connectivity index (χ4v) is 3.41. The van der Waals surface area contributed by atoms with Crippen LogP contribution in [0.25, 0.3) is 0 Å². The number of H-pyrrole nitrogens is 1. The molecule has 1 fully saturated rings. The maximum absolute atomic E-state index is 12.0. The Morgan fingerprint density at radius 1 is 1.43 bits per heavy atom. The van der Waals surface area contributed by atoms with Gasteiger partial charge in [0.05, 0.1) is 11.8 Å². The van der Waals surface area contributed by atoms with Gasteiger partial charge in [-0.1, -0.05) is 19.3 Å². The molecule has 0 radical (unpaired) electrons. The number of hydrogen-bond acceptors (Lipinski definition) is 3. The molecule has 2 amide bonds. The lowest BCUT2D eigenvalue weighted by molar-refractivity contribution is 0.00711. The van der Waals surface area contributed by atoms with E-state index in [2.05, 4.69) is 20.8 Å². The maximum Gasteiger partial charge on any atom is 0.315 e. The average Bonchev–Trinajstić information content (AvgIpc) is 2.94. The summed E-state index contributed by atoms with van der Waals surface area (Å²) >= 11 is 0. The van der Waals surface area contributed by atoms with Crippen LogP contribution in [0.15, 0.2) is 6.20 Å². The number of carbonyl (C=O) groups is 1. The van der Waals surface area contributed by atoms with Gasteiger partial charge in [0.2, 0.25) is 0 Å². The van der Waals surface area contributed by atoms with E-state index in [1.54, 1.807) is 0 Å². The van der Waals surface area contributed by atoms with Gasteiger partial charge in [0.1, 0.15) is 0 Å². The minimum Gasteiger partial charge on any atom is -0.388 e. The Kier molecular flexibility index (Phi) is 4.14. The van der Waals surface area contributed by atoms with E-state index < -0.39 is 5.60 Å². The molecule has 1 saturated carbocycles. The van der Waals surface area contributed by atoms with Crippen LogP contribution >= 0.6 is 0 Å². The second-order valence-corrected chi connectivity index (χ2v) is 6.43. The molecule has 1 aromatic heterocycles. The Morgan fingerprint density at radius 2 is 2.24 bits per heavy atom. The summed E-state index contributed by atoms with van der Waals surface area (Å²) in [5.41, 5.74) is 1.67. The van der Waals surface area contributed by atoms with Gasteiger partial charge in [-0.3, -0.25) is 5.10 Å². The molecule has 3 rings (SSSR count). The summed E-state index contributed by atoms with van der Waals surface area (Å²) < 4.78 is 0.